The molecule has 1 N–H and O–H groups in total. The number of rotatable bonds is 3. The van der Waals surface area contributed by atoms with Crippen molar-refractivity contribution in [1.82, 2.24) is 10.3 Å². The second-order valence-electron chi connectivity index (χ2n) is 4.42. The van der Waals surface area contributed by atoms with Crippen LogP contribution in [-0.4, -0.2) is 21.7 Å². The lowest BCUT2D eigenvalue weighted by atomic mass is 10.1. The number of nitro groups is 1. The van der Waals surface area contributed by atoms with E-state index in [0.29, 0.717) is 5.02 Å². The molecule has 0 atom stereocenters. The molecule has 0 aliphatic carbocycles. The molecule has 7 nitrogen and oxygen atoms in total. The number of imide groups is 1. The molecule has 112 valence electrons. The number of carbonyl (C=O) groups is 2. The Morgan fingerprint density at radius 1 is 1.23 bits per heavy atom. The summed E-state index contributed by atoms with van der Waals surface area (Å²) in [7, 11) is 0. The second-order valence-corrected chi connectivity index (χ2v) is 4.85. The molecule has 2 amide bonds. The van der Waals surface area contributed by atoms with E-state index in [4.69, 9.17) is 11.6 Å². The molecule has 0 fully saturated rings. The van der Waals surface area contributed by atoms with Crippen LogP contribution in [0, 0.1) is 17.0 Å². The van der Waals surface area contributed by atoms with Crippen LogP contribution in [0.5, 0.6) is 0 Å². The van der Waals surface area contributed by atoms with Crippen LogP contribution < -0.4 is 5.32 Å². The average molecular weight is 320 g/mol. The van der Waals surface area contributed by atoms with E-state index < -0.39 is 16.7 Å². The van der Waals surface area contributed by atoms with Gasteiger partial charge in [0.1, 0.15) is 0 Å². The summed E-state index contributed by atoms with van der Waals surface area (Å²) in [6.07, 6.45) is 1.05. The number of aromatic nitrogens is 1. The van der Waals surface area contributed by atoms with E-state index in [0.717, 1.165) is 6.20 Å². The third-order valence-electron chi connectivity index (χ3n) is 2.80. The molecule has 1 heterocycles. The fourth-order valence-electron chi connectivity index (χ4n) is 1.76. The largest absolute Gasteiger partial charge is 0.366 e. The lowest BCUT2D eigenvalue weighted by molar-refractivity contribution is -0.390. The van der Waals surface area contributed by atoms with Gasteiger partial charge in [-0.3, -0.25) is 14.9 Å². The van der Waals surface area contributed by atoms with Crippen molar-refractivity contribution in [2.45, 2.75) is 6.92 Å². The van der Waals surface area contributed by atoms with Gasteiger partial charge in [-0.1, -0.05) is 17.7 Å². The van der Waals surface area contributed by atoms with Crippen LogP contribution in [0.15, 0.2) is 36.5 Å². The summed E-state index contributed by atoms with van der Waals surface area (Å²) >= 11 is 5.77. The molecular formula is C14H10ClN3O4. The summed E-state index contributed by atoms with van der Waals surface area (Å²) in [6.45, 7) is 1.46. The SMILES string of the molecule is Cc1cc(C(=O)NC(=O)c2cccc(Cl)c2)cnc1[N+](=O)[O-]. The van der Waals surface area contributed by atoms with Crippen molar-refractivity contribution >= 4 is 29.2 Å². The van der Waals surface area contributed by atoms with Gasteiger partial charge in [-0.05, 0) is 41.1 Å². The highest BCUT2D eigenvalue weighted by molar-refractivity contribution is 6.31. The lowest BCUT2D eigenvalue weighted by Crippen LogP contribution is -2.30. The van der Waals surface area contributed by atoms with Gasteiger partial charge in [0, 0.05) is 16.1 Å². The first-order valence-corrected chi connectivity index (χ1v) is 6.48. The predicted octanol–water partition coefficient (Wildman–Crippen LogP) is 2.52. The number of benzene rings is 1. The summed E-state index contributed by atoms with van der Waals surface area (Å²) in [5.41, 5.74) is 0.513. The van der Waals surface area contributed by atoms with Crippen LogP contribution in [-0.2, 0) is 0 Å². The Balaban J connectivity index is 2.17. The van der Waals surface area contributed by atoms with Crippen molar-refractivity contribution in [3.8, 4) is 0 Å². The third-order valence-corrected chi connectivity index (χ3v) is 3.03. The molecule has 0 aliphatic rings. The van der Waals surface area contributed by atoms with E-state index in [1.54, 1.807) is 12.1 Å². The Labute approximate surface area is 130 Å². The van der Waals surface area contributed by atoms with Gasteiger partial charge in [0.15, 0.2) is 6.20 Å². The summed E-state index contributed by atoms with van der Waals surface area (Å²) < 4.78 is 0. The molecule has 22 heavy (non-hydrogen) atoms. The van der Waals surface area contributed by atoms with Crippen LogP contribution in [0.2, 0.25) is 5.02 Å². The highest BCUT2D eigenvalue weighted by Gasteiger charge is 2.18. The topological polar surface area (TPSA) is 102 Å². The first-order valence-electron chi connectivity index (χ1n) is 6.11. The first kappa shape index (κ1) is 15.6. The summed E-state index contributed by atoms with van der Waals surface area (Å²) in [5, 5.41) is 13.2. The van der Waals surface area contributed by atoms with Crippen molar-refractivity contribution in [3.05, 3.63) is 68.4 Å². The maximum Gasteiger partial charge on any atom is 0.366 e. The van der Waals surface area contributed by atoms with Crippen LogP contribution in [0.1, 0.15) is 26.3 Å². The number of pyridine rings is 1. The fraction of sp³-hybridized carbons (Fsp3) is 0.0714. The number of hydrogen-bond donors (Lipinski definition) is 1. The van der Waals surface area contributed by atoms with Gasteiger partial charge in [0.05, 0.1) is 5.56 Å². The Bertz CT molecular complexity index is 776. The standard InChI is InChI=1S/C14H10ClN3O4/c1-8-5-10(7-16-12(8)18(21)22)14(20)17-13(19)9-3-2-4-11(15)6-9/h2-7H,1H3,(H,17,19,20). The maximum atomic E-state index is 12.0. The number of carbonyl (C=O) groups excluding carboxylic acids is 2. The van der Waals surface area contributed by atoms with Gasteiger partial charge in [0.2, 0.25) is 0 Å². The minimum atomic E-state index is -0.699. The summed E-state index contributed by atoms with van der Waals surface area (Å²) in [5.74, 6) is -1.66. The van der Waals surface area contributed by atoms with Gasteiger partial charge < -0.3 is 10.1 Å². The zero-order valence-electron chi connectivity index (χ0n) is 11.4. The number of amides is 2. The molecule has 2 aromatic rings. The third kappa shape index (κ3) is 3.44. The molecule has 0 unspecified atom stereocenters. The van der Waals surface area contributed by atoms with E-state index in [1.165, 1.54) is 25.1 Å². The maximum absolute atomic E-state index is 12.0. The van der Waals surface area contributed by atoms with Gasteiger partial charge in [-0.25, -0.2) is 0 Å². The smallest absolute Gasteiger partial charge is 0.358 e. The molecule has 2 rings (SSSR count). The highest BCUT2D eigenvalue weighted by Crippen LogP contribution is 2.15. The average Bonchev–Trinajstić information content (AvgIpc) is 2.46. The first-order chi connectivity index (χ1) is 10.4. The minimum Gasteiger partial charge on any atom is -0.358 e. The number of aryl methyl sites for hydroxylation is 1. The van der Waals surface area contributed by atoms with E-state index in [-0.39, 0.29) is 22.5 Å². The normalized spacial score (nSPS) is 10.1. The zero-order chi connectivity index (χ0) is 16.3. The number of halogens is 1. The summed E-state index contributed by atoms with van der Waals surface area (Å²) in [6, 6.07) is 7.41. The number of hydrogen-bond acceptors (Lipinski definition) is 5. The monoisotopic (exact) mass is 319 g/mol. The second kappa shape index (κ2) is 6.31. The van der Waals surface area contributed by atoms with E-state index in [2.05, 4.69) is 10.3 Å². The van der Waals surface area contributed by atoms with Gasteiger partial charge in [0.25, 0.3) is 11.8 Å². The number of nitrogens with zero attached hydrogens (tertiary/aromatic N) is 2. The molecule has 0 radical (unpaired) electrons. The van der Waals surface area contributed by atoms with E-state index in [9.17, 15) is 19.7 Å². The molecule has 0 bridgehead atoms. The Morgan fingerprint density at radius 2 is 1.91 bits per heavy atom. The van der Waals surface area contributed by atoms with Crippen molar-refractivity contribution in [1.29, 1.82) is 0 Å². The molecule has 0 aliphatic heterocycles. The zero-order valence-corrected chi connectivity index (χ0v) is 12.1. The fourth-order valence-corrected chi connectivity index (χ4v) is 1.95. The lowest BCUT2D eigenvalue weighted by Gasteiger charge is -2.04. The van der Waals surface area contributed by atoms with Crippen molar-refractivity contribution < 1.29 is 14.5 Å². The number of nitrogens with one attached hydrogen (secondary N) is 1. The van der Waals surface area contributed by atoms with E-state index >= 15 is 0 Å². The Hall–Kier alpha value is -2.80. The molecule has 0 spiro atoms. The van der Waals surface area contributed by atoms with Crippen LogP contribution in [0.4, 0.5) is 5.82 Å². The molecule has 0 saturated carbocycles. The molecule has 8 heteroatoms. The van der Waals surface area contributed by atoms with Crippen molar-refractivity contribution in [2.24, 2.45) is 0 Å². The molecular weight excluding hydrogens is 310 g/mol. The quantitative estimate of drug-likeness (QED) is 0.532. The van der Waals surface area contributed by atoms with Crippen LogP contribution >= 0.6 is 11.6 Å². The predicted molar refractivity (Wildman–Crippen MR) is 78.9 cm³/mol. The van der Waals surface area contributed by atoms with Gasteiger partial charge in [-0.15, -0.1) is 0 Å². The minimum absolute atomic E-state index is 0.0541. The molecule has 0 saturated heterocycles. The Kier molecular flexibility index (Phi) is 4.47. The van der Waals surface area contributed by atoms with Gasteiger partial charge >= 0.3 is 5.82 Å². The molecule has 1 aromatic heterocycles. The highest BCUT2D eigenvalue weighted by atomic mass is 35.5. The van der Waals surface area contributed by atoms with E-state index in [1.807, 2.05) is 0 Å². The Morgan fingerprint density at radius 3 is 2.50 bits per heavy atom. The van der Waals surface area contributed by atoms with Gasteiger partial charge in [-0.2, -0.15) is 0 Å². The van der Waals surface area contributed by atoms with Crippen molar-refractivity contribution in [3.63, 3.8) is 0 Å². The van der Waals surface area contributed by atoms with Crippen molar-refractivity contribution in [2.75, 3.05) is 0 Å². The molecule has 1 aromatic carbocycles. The van der Waals surface area contributed by atoms with Crippen LogP contribution in [0.3, 0.4) is 0 Å². The summed E-state index contributed by atoms with van der Waals surface area (Å²) in [4.78, 5) is 37.5. The van der Waals surface area contributed by atoms with Crippen LogP contribution in [0.25, 0.3) is 0 Å².